The monoisotopic (exact) mass is 302 g/mol. The Morgan fingerprint density at radius 1 is 0.826 bits per heavy atom. The summed E-state index contributed by atoms with van der Waals surface area (Å²) in [4.78, 5) is 18.9. The van der Waals surface area contributed by atoms with Crippen molar-refractivity contribution in [2.24, 2.45) is 0 Å². The molecule has 112 valence electrons. The van der Waals surface area contributed by atoms with Gasteiger partial charge in [0.15, 0.2) is 0 Å². The van der Waals surface area contributed by atoms with Gasteiger partial charge in [-0.05, 0) is 64.2 Å². The van der Waals surface area contributed by atoms with Crippen molar-refractivity contribution in [2.75, 3.05) is 0 Å². The first-order valence-electron chi connectivity index (χ1n) is 7.10. The van der Waals surface area contributed by atoms with E-state index in [4.69, 9.17) is 5.11 Å². The number of benzene rings is 1. The highest BCUT2D eigenvalue weighted by Gasteiger charge is 2.06. The minimum Gasteiger partial charge on any atom is -0.478 e. The number of nitrogens with zero attached hydrogens (tertiary/aromatic N) is 2. The third-order valence-electron chi connectivity index (χ3n) is 3.46. The zero-order valence-corrected chi connectivity index (χ0v) is 12.3. The molecule has 0 saturated heterocycles. The Morgan fingerprint density at radius 2 is 1.43 bits per heavy atom. The molecule has 0 aliphatic carbocycles. The van der Waals surface area contributed by atoms with Crippen molar-refractivity contribution in [2.45, 2.75) is 0 Å². The Kier molecular flexibility index (Phi) is 4.25. The topological polar surface area (TPSA) is 63.1 Å². The van der Waals surface area contributed by atoms with Crippen molar-refractivity contribution in [1.82, 2.24) is 9.97 Å². The molecule has 3 rings (SSSR count). The van der Waals surface area contributed by atoms with Crippen LogP contribution < -0.4 is 0 Å². The van der Waals surface area contributed by atoms with Crippen LogP contribution in [0.3, 0.4) is 0 Å². The van der Waals surface area contributed by atoms with Gasteiger partial charge in [0.05, 0.1) is 0 Å². The molecule has 4 nitrogen and oxygen atoms in total. The van der Waals surface area contributed by atoms with Crippen LogP contribution in [0.5, 0.6) is 0 Å². The highest BCUT2D eigenvalue weighted by Crippen LogP contribution is 2.29. The minimum atomic E-state index is -0.972. The second kappa shape index (κ2) is 6.66. The van der Waals surface area contributed by atoms with Gasteiger partial charge in [0.1, 0.15) is 0 Å². The highest BCUT2D eigenvalue weighted by atomic mass is 16.4. The summed E-state index contributed by atoms with van der Waals surface area (Å²) in [5, 5.41) is 8.92. The zero-order chi connectivity index (χ0) is 16.1. The third-order valence-corrected chi connectivity index (χ3v) is 3.46. The maximum absolute atomic E-state index is 10.9. The Hall–Kier alpha value is -3.27. The summed E-state index contributed by atoms with van der Waals surface area (Å²) in [6, 6.07) is 13.6. The molecule has 23 heavy (non-hydrogen) atoms. The average molecular weight is 302 g/mol. The quantitative estimate of drug-likeness (QED) is 0.742. The molecule has 0 fully saturated rings. The summed E-state index contributed by atoms with van der Waals surface area (Å²) in [6.45, 7) is 0. The summed E-state index contributed by atoms with van der Waals surface area (Å²) in [5.74, 6) is -0.972. The molecular formula is C19H14N2O2. The maximum Gasteiger partial charge on any atom is 0.328 e. The van der Waals surface area contributed by atoms with Crippen LogP contribution >= 0.6 is 0 Å². The molecule has 0 bridgehead atoms. The lowest BCUT2D eigenvalue weighted by Crippen LogP contribution is -1.89. The van der Waals surface area contributed by atoms with E-state index < -0.39 is 5.97 Å². The largest absolute Gasteiger partial charge is 0.478 e. The summed E-state index contributed by atoms with van der Waals surface area (Å²) < 4.78 is 0. The predicted molar refractivity (Wildman–Crippen MR) is 89.6 cm³/mol. The summed E-state index contributed by atoms with van der Waals surface area (Å²) in [7, 11) is 0. The smallest absolute Gasteiger partial charge is 0.328 e. The Bertz CT molecular complexity index is 844. The number of hydrogen-bond donors (Lipinski definition) is 1. The normalized spacial score (nSPS) is 10.8. The van der Waals surface area contributed by atoms with Gasteiger partial charge in [0.25, 0.3) is 0 Å². The number of aliphatic carboxylic acids is 1. The van der Waals surface area contributed by atoms with Crippen molar-refractivity contribution in [3.63, 3.8) is 0 Å². The number of carboxylic acid groups (broad SMARTS) is 1. The van der Waals surface area contributed by atoms with Gasteiger partial charge in [0.2, 0.25) is 0 Å². The van der Waals surface area contributed by atoms with E-state index >= 15 is 0 Å². The van der Waals surface area contributed by atoms with Crippen molar-refractivity contribution in [1.29, 1.82) is 0 Å². The van der Waals surface area contributed by atoms with Gasteiger partial charge in [-0.25, -0.2) is 4.79 Å². The molecule has 3 aromatic rings. The van der Waals surface area contributed by atoms with E-state index in [9.17, 15) is 4.79 Å². The lowest BCUT2D eigenvalue weighted by atomic mass is 9.95. The lowest BCUT2D eigenvalue weighted by Gasteiger charge is -2.09. The fourth-order valence-corrected chi connectivity index (χ4v) is 2.38. The van der Waals surface area contributed by atoms with E-state index in [1.54, 1.807) is 30.9 Å². The summed E-state index contributed by atoms with van der Waals surface area (Å²) in [5.41, 5.74) is 4.84. The van der Waals surface area contributed by atoms with Crippen molar-refractivity contribution in [3.05, 3.63) is 78.9 Å². The molecule has 0 unspecified atom stereocenters. The fourth-order valence-electron chi connectivity index (χ4n) is 2.38. The predicted octanol–water partition coefficient (Wildman–Crippen LogP) is 3.91. The van der Waals surface area contributed by atoms with Crippen LogP contribution in [0, 0.1) is 0 Å². The molecule has 1 N–H and O–H groups in total. The molecule has 0 saturated carbocycles. The first kappa shape index (κ1) is 14.7. The number of rotatable bonds is 4. The van der Waals surface area contributed by atoms with Crippen LogP contribution in [0.2, 0.25) is 0 Å². The Balaban J connectivity index is 2.12. The zero-order valence-electron chi connectivity index (χ0n) is 12.3. The van der Waals surface area contributed by atoms with E-state index in [-0.39, 0.29) is 0 Å². The van der Waals surface area contributed by atoms with Gasteiger partial charge >= 0.3 is 5.97 Å². The van der Waals surface area contributed by atoms with Gasteiger partial charge in [-0.1, -0.05) is 12.1 Å². The maximum atomic E-state index is 10.9. The first-order chi connectivity index (χ1) is 11.2. The van der Waals surface area contributed by atoms with Crippen LogP contribution in [0.1, 0.15) is 5.56 Å². The number of pyridine rings is 2. The van der Waals surface area contributed by atoms with Crippen LogP contribution in [-0.4, -0.2) is 21.0 Å². The summed E-state index contributed by atoms with van der Waals surface area (Å²) in [6.07, 6.45) is 9.67. The SMILES string of the molecule is O=C(O)/C=C/c1cc(-c2ccncc2)ccc1-c1ccncc1. The van der Waals surface area contributed by atoms with E-state index in [0.29, 0.717) is 0 Å². The number of hydrogen-bond acceptors (Lipinski definition) is 3. The highest BCUT2D eigenvalue weighted by molar-refractivity contribution is 5.89. The van der Waals surface area contributed by atoms with Crippen molar-refractivity contribution >= 4 is 12.0 Å². The second-order valence-electron chi connectivity index (χ2n) is 4.95. The Labute approximate surface area is 133 Å². The molecule has 1 aromatic carbocycles. The molecule has 0 amide bonds. The van der Waals surface area contributed by atoms with Crippen molar-refractivity contribution in [3.8, 4) is 22.3 Å². The van der Waals surface area contributed by atoms with Crippen LogP contribution in [0.4, 0.5) is 0 Å². The first-order valence-corrected chi connectivity index (χ1v) is 7.10. The van der Waals surface area contributed by atoms with E-state index in [1.807, 2.05) is 42.5 Å². The molecule has 0 aliphatic heterocycles. The average Bonchev–Trinajstić information content (AvgIpc) is 2.61. The van der Waals surface area contributed by atoms with Crippen LogP contribution in [-0.2, 0) is 4.79 Å². The van der Waals surface area contributed by atoms with E-state index in [0.717, 1.165) is 33.9 Å². The lowest BCUT2D eigenvalue weighted by molar-refractivity contribution is -0.131. The molecule has 2 heterocycles. The molecule has 0 spiro atoms. The molecular weight excluding hydrogens is 288 g/mol. The van der Waals surface area contributed by atoms with Gasteiger partial charge < -0.3 is 5.11 Å². The van der Waals surface area contributed by atoms with Gasteiger partial charge in [0, 0.05) is 30.9 Å². The van der Waals surface area contributed by atoms with Crippen molar-refractivity contribution < 1.29 is 9.90 Å². The number of carboxylic acids is 1. The molecule has 0 atom stereocenters. The van der Waals surface area contributed by atoms with E-state index in [1.165, 1.54) is 0 Å². The molecule has 4 heteroatoms. The molecule has 2 aromatic heterocycles. The standard InChI is InChI=1S/C19H14N2O2/c22-19(23)4-2-17-13-16(14-5-9-20-10-6-14)1-3-18(17)15-7-11-21-12-8-15/h1-13H,(H,22,23)/b4-2+. The molecule has 0 radical (unpaired) electrons. The van der Waals surface area contributed by atoms with Crippen LogP contribution in [0.25, 0.3) is 28.3 Å². The Morgan fingerprint density at radius 3 is 2.04 bits per heavy atom. The van der Waals surface area contributed by atoms with E-state index in [2.05, 4.69) is 9.97 Å². The fraction of sp³-hybridized carbons (Fsp3) is 0. The summed E-state index contributed by atoms with van der Waals surface area (Å²) >= 11 is 0. The van der Waals surface area contributed by atoms with Gasteiger partial charge in [-0.15, -0.1) is 0 Å². The third kappa shape index (κ3) is 3.49. The minimum absolute atomic E-state index is 0.841. The van der Waals surface area contributed by atoms with Crippen LogP contribution in [0.15, 0.2) is 73.3 Å². The number of carbonyl (C=O) groups is 1. The number of aromatic nitrogens is 2. The molecule has 0 aliphatic rings. The van der Waals surface area contributed by atoms with Gasteiger partial charge in [-0.2, -0.15) is 0 Å². The second-order valence-corrected chi connectivity index (χ2v) is 4.95. The van der Waals surface area contributed by atoms with Gasteiger partial charge in [-0.3, -0.25) is 9.97 Å².